The van der Waals surface area contributed by atoms with Crippen LogP contribution in [0.1, 0.15) is 19.8 Å². The van der Waals surface area contributed by atoms with Gasteiger partial charge in [0.1, 0.15) is 13.2 Å². The number of hydrogen-bond acceptors (Lipinski definition) is 6. The van der Waals surface area contributed by atoms with Crippen LogP contribution in [0.15, 0.2) is 18.2 Å². The minimum atomic E-state index is -0.750. The van der Waals surface area contributed by atoms with E-state index in [0.717, 1.165) is 0 Å². The standard InChI is InChI=1S/C18H23N3O6/c1-2-25-18(24)21-7-5-12(6-8-21)19-16(22)17(23)20-13-3-4-14-15(11-13)27-10-9-26-14/h3-4,11-12H,2,5-10H2,1H3,(H,19,22)(H,20,23). The van der Waals surface area contributed by atoms with Crippen LogP contribution in [0.4, 0.5) is 10.5 Å². The Labute approximate surface area is 156 Å². The lowest BCUT2D eigenvalue weighted by atomic mass is 10.1. The number of ether oxygens (including phenoxy) is 3. The number of hydrogen-bond donors (Lipinski definition) is 2. The normalized spacial score (nSPS) is 16.4. The number of carbonyl (C=O) groups is 3. The van der Waals surface area contributed by atoms with Crippen molar-refractivity contribution in [2.75, 3.05) is 38.2 Å². The zero-order chi connectivity index (χ0) is 19.2. The molecule has 0 atom stereocenters. The van der Waals surface area contributed by atoms with Gasteiger partial charge in [0.05, 0.1) is 6.61 Å². The van der Waals surface area contributed by atoms with Crippen LogP contribution in [0.3, 0.4) is 0 Å². The second-order valence-electron chi connectivity index (χ2n) is 6.25. The van der Waals surface area contributed by atoms with E-state index in [1.165, 1.54) is 0 Å². The molecule has 0 radical (unpaired) electrons. The largest absolute Gasteiger partial charge is 0.486 e. The third kappa shape index (κ3) is 4.81. The Balaban J connectivity index is 1.47. The van der Waals surface area contributed by atoms with Crippen molar-refractivity contribution in [3.05, 3.63) is 18.2 Å². The van der Waals surface area contributed by atoms with Crippen molar-refractivity contribution < 1.29 is 28.6 Å². The van der Waals surface area contributed by atoms with Gasteiger partial charge in [-0.05, 0) is 31.9 Å². The lowest BCUT2D eigenvalue weighted by Crippen LogP contribution is -2.49. The molecule has 2 N–H and O–H groups in total. The highest BCUT2D eigenvalue weighted by Gasteiger charge is 2.26. The van der Waals surface area contributed by atoms with Crippen LogP contribution in [0.2, 0.25) is 0 Å². The van der Waals surface area contributed by atoms with E-state index in [4.69, 9.17) is 14.2 Å². The van der Waals surface area contributed by atoms with Crippen LogP contribution < -0.4 is 20.1 Å². The molecule has 3 rings (SSSR count). The maximum Gasteiger partial charge on any atom is 0.409 e. The van der Waals surface area contributed by atoms with Gasteiger partial charge in [0.2, 0.25) is 0 Å². The van der Waals surface area contributed by atoms with Gasteiger partial charge >= 0.3 is 17.9 Å². The van der Waals surface area contributed by atoms with E-state index in [2.05, 4.69) is 10.6 Å². The summed E-state index contributed by atoms with van der Waals surface area (Å²) in [5, 5.41) is 5.26. The molecular weight excluding hydrogens is 354 g/mol. The van der Waals surface area contributed by atoms with Gasteiger partial charge in [0.25, 0.3) is 0 Å². The fourth-order valence-corrected chi connectivity index (χ4v) is 2.98. The molecule has 9 nitrogen and oxygen atoms in total. The van der Waals surface area contributed by atoms with Crippen molar-refractivity contribution in [2.45, 2.75) is 25.8 Å². The highest BCUT2D eigenvalue weighted by Crippen LogP contribution is 2.32. The van der Waals surface area contributed by atoms with Gasteiger partial charge in [-0.2, -0.15) is 0 Å². The van der Waals surface area contributed by atoms with E-state index in [1.807, 2.05) is 0 Å². The summed E-state index contributed by atoms with van der Waals surface area (Å²) in [5.41, 5.74) is 0.455. The van der Waals surface area contributed by atoms with E-state index in [-0.39, 0.29) is 12.1 Å². The van der Waals surface area contributed by atoms with E-state index < -0.39 is 11.8 Å². The number of likely N-dealkylation sites (tertiary alicyclic amines) is 1. The Kier molecular flexibility index (Phi) is 6.00. The van der Waals surface area contributed by atoms with Crippen molar-refractivity contribution in [1.29, 1.82) is 0 Å². The van der Waals surface area contributed by atoms with Gasteiger partial charge in [-0.3, -0.25) is 9.59 Å². The number of anilines is 1. The van der Waals surface area contributed by atoms with Crippen molar-refractivity contribution in [1.82, 2.24) is 10.2 Å². The quantitative estimate of drug-likeness (QED) is 0.765. The smallest absolute Gasteiger partial charge is 0.409 e. The molecule has 1 aromatic carbocycles. The van der Waals surface area contributed by atoms with Crippen LogP contribution in [-0.4, -0.2) is 61.8 Å². The summed E-state index contributed by atoms with van der Waals surface area (Å²) in [6.07, 6.45) is 0.794. The lowest BCUT2D eigenvalue weighted by molar-refractivity contribution is -0.136. The first-order valence-corrected chi connectivity index (χ1v) is 9.00. The first-order valence-electron chi connectivity index (χ1n) is 9.00. The number of nitrogens with one attached hydrogen (secondary N) is 2. The fourth-order valence-electron chi connectivity index (χ4n) is 2.98. The summed E-state index contributed by atoms with van der Waals surface area (Å²) in [5.74, 6) is -0.318. The molecule has 2 aliphatic rings. The van der Waals surface area contributed by atoms with E-state index >= 15 is 0 Å². The third-order valence-corrected chi connectivity index (χ3v) is 4.36. The average Bonchev–Trinajstić information content (AvgIpc) is 2.68. The second-order valence-corrected chi connectivity index (χ2v) is 6.25. The second kappa shape index (κ2) is 8.61. The first kappa shape index (κ1) is 18.8. The third-order valence-electron chi connectivity index (χ3n) is 4.36. The van der Waals surface area contributed by atoms with Crippen molar-refractivity contribution in [3.8, 4) is 11.5 Å². The minimum Gasteiger partial charge on any atom is -0.486 e. The molecule has 1 aromatic rings. The Morgan fingerprint density at radius 2 is 1.81 bits per heavy atom. The van der Waals surface area contributed by atoms with Crippen LogP contribution in [-0.2, 0) is 14.3 Å². The molecule has 9 heteroatoms. The summed E-state index contributed by atoms with van der Waals surface area (Å²) in [4.78, 5) is 37.5. The van der Waals surface area contributed by atoms with Crippen molar-refractivity contribution >= 4 is 23.6 Å². The van der Waals surface area contributed by atoms with Gasteiger partial charge in [0, 0.05) is 30.9 Å². The minimum absolute atomic E-state index is 0.158. The van der Waals surface area contributed by atoms with Gasteiger partial charge in [-0.15, -0.1) is 0 Å². The molecule has 27 heavy (non-hydrogen) atoms. The number of amides is 3. The topological polar surface area (TPSA) is 106 Å². The molecule has 1 fully saturated rings. The summed E-state index contributed by atoms with van der Waals surface area (Å²) in [6.45, 7) is 3.97. The number of fused-ring (bicyclic) bond motifs is 1. The zero-order valence-corrected chi connectivity index (χ0v) is 15.2. The zero-order valence-electron chi connectivity index (χ0n) is 15.2. The molecule has 0 unspecified atom stereocenters. The molecule has 0 spiro atoms. The monoisotopic (exact) mass is 377 g/mol. The van der Waals surface area contributed by atoms with E-state index in [9.17, 15) is 14.4 Å². The fraction of sp³-hybridized carbons (Fsp3) is 0.500. The maximum absolute atomic E-state index is 12.1. The molecule has 146 valence electrons. The molecule has 0 aromatic heterocycles. The average molecular weight is 377 g/mol. The Morgan fingerprint density at radius 3 is 2.52 bits per heavy atom. The SMILES string of the molecule is CCOC(=O)N1CCC(NC(=O)C(=O)Nc2ccc3c(c2)OCCO3)CC1. The highest BCUT2D eigenvalue weighted by molar-refractivity contribution is 6.39. The lowest BCUT2D eigenvalue weighted by Gasteiger charge is -2.31. The van der Waals surface area contributed by atoms with Crippen LogP contribution in [0.5, 0.6) is 11.5 Å². The molecule has 0 aliphatic carbocycles. The maximum atomic E-state index is 12.1. The summed E-state index contributed by atoms with van der Waals surface area (Å²) in [6, 6.07) is 4.80. The van der Waals surface area contributed by atoms with Crippen molar-refractivity contribution in [2.24, 2.45) is 0 Å². The van der Waals surface area contributed by atoms with Gasteiger partial charge in [-0.1, -0.05) is 0 Å². The van der Waals surface area contributed by atoms with Gasteiger partial charge < -0.3 is 29.7 Å². The van der Waals surface area contributed by atoms with Gasteiger partial charge in [-0.25, -0.2) is 4.79 Å². The summed E-state index contributed by atoms with van der Waals surface area (Å²) >= 11 is 0. The molecule has 1 saturated heterocycles. The summed E-state index contributed by atoms with van der Waals surface area (Å²) < 4.78 is 15.8. The Bertz CT molecular complexity index is 715. The van der Waals surface area contributed by atoms with Gasteiger partial charge in [0.15, 0.2) is 11.5 Å². The number of benzene rings is 1. The Hall–Kier alpha value is -2.97. The predicted molar refractivity (Wildman–Crippen MR) is 95.8 cm³/mol. The van der Waals surface area contributed by atoms with E-state index in [0.29, 0.717) is 62.9 Å². The van der Waals surface area contributed by atoms with E-state index in [1.54, 1.807) is 30.0 Å². The molecule has 2 aliphatic heterocycles. The van der Waals surface area contributed by atoms with Crippen LogP contribution >= 0.6 is 0 Å². The molecule has 2 heterocycles. The van der Waals surface area contributed by atoms with Crippen LogP contribution in [0.25, 0.3) is 0 Å². The molecular formula is C18H23N3O6. The number of rotatable bonds is 3. The summed E-state index contributed by atoms with van der Waals surface area (Å²) in [7, 11) is 0. The molecule has 0 bridgehead atoms. The predicted octanol–water partition coefficient (Wildman–Crippen LogP) is 1.13. The number of nitrogens with zero attached hydrogens (tertiary/aromatic N) is 1. The highest BCUT2D eigenvalue weighted by atomic mass is 16.6. The number of carbonyl (C=O) groups excluding carboxylic acids is 3. The molecule has 0 saturated carbocycles. The Morgan fingerprint density at radius 1 is 1.11 bits per heavy atom. The first-order chi connectivity index (χ1) is 13.1. The number of piperidine rings is 1. The van der Waals surface area contributed by atoms with Crippen LogP contribution in [0, 0.1) is 0 Å². The molecule has 3 amide bonds. The van der Waals surface area contributed by atoms with Crippen molar-refractivity contribution in [3.63, 3.8) is 0 Å².